The fraction of sp³-hybridized carbons (Fsp3) is 0.900. The van der Waals surface area contributed by atoms with Gasteiger partial charge in [0.25, 0.3) is 0 Å². The third-order valence-electron chi connectivity index (χ3n) is 3.37. The molecule has 0 spiro atoms. The number of aliphatic hydroxyl groups excluding tert-OH is 1. The number of carbonyl (C=O) groups excluding carboxylic acids is 1. The van der Waals surface area contributed by atoms with Crippen LogP contribution in [0.1, 0.15) is 19.3 Å². The molecule has 14 heavy (non-hydrogen) atoms. The topological polar surface area (TPSA) is 49.8 Å². The number of carbonyl (C=O) groups is 1. The molecule has 0 aromatic rings. The third-order valence-corrected chi connectivity index (χ3v) is 3.37. The summed E-state index contributed by atoms with van der Waals surface area (Å²) in [5, 5.41) is 9.26. The van der Waals surface area contributed by atoms with Gasteiger partial charge in [0.2, 0.25) is 5.91 Å². The van der Waals surface area contributed by atoms with Crippen LogP contribution < -0.4 is 0 Å². The van der Waals surface area contributed by atoms with E-state index in [1.807, 2.05) is 4.90 Å². The number of rotatable bonds is 2. The summed E-state index contributed by atoms with van der Waals surface area (Å²) in [5.41, 5.74) is -0.433. The second-order valence-corrected chi connectivity index (χ2v) is 4.20. The summed E-state index contributed by atoms with van der Waals surface area (Å²) < 4.78 is 5.19. The number of morpholine rings is 1. The molecule has 1 heterocycles. The Bertz CT molecular complexity index is 214. The van der Waals surface area contributed by atoms with Crippen LogP contribution in [0.5, 0.6) is 0 Å². The Hall–Kier alpha value is -0.610. The van der Waals surface area contributed by atoms with Crippen LogP contribution in [-0.4, -0.2) is 48.8 Å². The van der Waals surface area contributed by atoms with E-state index in [4.69, 9.17) is 4.74 Å². The maximum absolute atomic E-state index is 12.0. The van der Waals surface area contributed by atoms with Crippen LogP contribution in [0.2, 0.25) is 0 Å². The Morgan fingerprint density at radius 1 is 1.36 bits per heavy atom. The van der Waals surface area contributed by atoms with Crippen LogP contribution in [0.4, 0.5) is 0 Å². The average Bonchev–Trinajstić information content (AvgIpc) is 2.18. The zero-order valence-corrected chi connectivity index (χ0v) is 8.37. The molecule has 0 radical (unpaired) electrons. The van der Waals surface area contributed by atoms with Gasteiger partial charge in [0.15, 0.2) is 0 Å². The summed E-state index contributed by atoms with van der Waals surface area (Å²) in [6.07, 6.45) is 2.76. The van der Waals surface area contributed by atoms with Gasteiger partial charge in [-0.1, -0.05) is 6.42 Å². The summed E-state index contributed by atoms with van der Waals surface area (Å²) >= 11 is 0. The molecule has 0 unspecified atom stereocenters. The van der Waals surface area contributed by atoms with Gasteiger partial charge in [0, 0.05) is 13.1 Å². The highest BCUT2D eigenvalue weighted by Gasteiger charge is 2.45. The minimum atomic E-state index is -0.433. The maximum Gasteiger partial charge on any atom is 0.231 e. The van der Waals surface area contributed by atoms with E-state index >= 15 is 0 Å². The first-order valence-electron chi connectivity index (χ1n) is 5.26. The van der Waals surface area contributed by atoms with Crippen LogP contribution in [0.3, 0.4) is 0 Å². The highest BCUT2D eigenvalue weighted by molar-refractivity contribution is 5.83. The van der Waals surface area contributed by atoms with Crippen molar-refractivity contribution in [3.63, 3.8) is 0 Å². The molecule has 1 aliphatic carbocycles. The third kappa shape index (κ3) is 1.53. The number of ether oxygens (including phenoxy) is 1. The Kier molecular flexibility index (Phi) is 2.74. The Morgan fingerprint density at radius 2 is 2.00 bits per heavy atom. The molecule has 2 rings (SSSR count). The van der Waals surface area contributed by atoms with Gasteiger partial charge in [0.05, 0.1) is 25.2 Å². The highest BCUT2D eigenvalue weighted by Crippen LogP contribution is 2.42. The summed E-state index contributed by atoms with van der Waals surface area (Å²) in [7, 11) is 0. The van der Waals surface area contributed by atoms with E-state index in [1.165, 1.54) is 0 Å². The van der Waals surface area contributed by atoms with Crippen molar-refractivity contribution in [1.29, 1.82) is 0 Å². The molecule has 1 saturated carbocycles. The second-order valence-electron chi connectivity index (χ2n) is 4.20. The Balaban J connectivity index is 1.98. The fourth-order valence-electron chi connectivity index (χ4n) is 2.15. The molecule has 0 aromatic heterocycles. The minimum absolute atomic E-state index is 0.00317. The van der Waals surface area contributed by atoms with Crippen molar-refractivity contribution in [2.75, 3.05) is 32.9 Å². The molecule has 80 valence electrons. The van der Waals surface area contributed by atoms with Gasteiger partial charge < -0.3 is 14.7 Å². The predicted molar refractivity (Wildman–Crippen MR) is 50.8 cm³/mol. The van der Waals surface area contributed by atoms with E-state index in [0.29, 0.717) is 26.3 Å². The van der Waals surface area contributed by atoms with Crippen molar-refractivity contribution < 1.29 is 14.6 Å². The largest absolute Gasteiger partial charge is 0.395 e. The zero-order valence-electron chi connectivity index (χ0n) is 8.37. The van der Waals surface area contributed by atoms with Gasteiger partial charge >= 0.3 is 0 Å². The van der Waals surface area contributed by atoms with E-state index in [-0.39, 0.29) is 12.5 Å². The quantitative estimate of drug-likeness (QED) is 0.681. The normalized spacial score (nSPS) is 25.6. The van der Waals surface area contributed by atoms with Crippen LogP contribution in [-0.2, 0) is 9.53 Å². The second kappa shape index (κ2) is 3.87. The van der Waals surface area contributed by atoms with E-state index in [1.54, 1.807) is 0 Å². The Morgan fingerprint density at radius 3 is 2.43 bits per heavy atom. The van der Waals surface area contributed by atoms with Crippen molar-refractivity contribution in [3.8, 4) is 0 Å². The molecule has 4 nitrogen and oxygen atoms in total. The van der Waals surface area contributed by atoms with Crippen LogP contribution in [0.15, 0.2) is 0 Å². The number of aliphatic hydroxyl groups is 1. The standard InChI is InChI=1S/C10H17NO3/c12-8-10(2-1-3-10)9(13)11-4-6-14-7-5-11/h12H,1-8H2. The van der Waals surface area contributed by atoms with Crippen molar-refractivity contribution >= 4 is 5.91 Å². The predicted octanol–water partition coefficient (Wildman–Crippen LogP) is 0.00780. The van der Waals surface area contributed by atoms with E-state index in [2.05, 4.69) is 0 Å². The van der Waals surface area contributed by atoms with Gasteiger partial charge in [-0.05, 0) is 12.8 Å². The lowest BCUT2D eigenvalue weighted by molar-refractivity contribution is -0.155. The van der Waals surface area contributed by atoms with Crippen LogP contribution >= 0.6 is 0 Å². The van der Waals surface area contributed by atoms with Gasteiger partial charge in [0.1, 0.15) is 0 Å². The van der Waals surface area contributed by atoms with Crippen molar-refractivity contribution in [1.82, 2.24) is 4.90 Å². The molecule has 1 saturated heterocycles. The molecule has 0 atom stereocenters. The van der Waals surface area contributed by atoms with Gasteiger partial charge in [-0.3, -0.25) is 4.79 Å². The van der Waals surface area contributed by atoms with E-state index < -0.39 is 5.41 Å². The van der Waals surface area contributed by atoms with Crippen molar-refractivity contribution in [2.24, 2.45) is 5.41 Å². The molecule has 0 aromatic carbocycles. The van der Waals surface area contributed by atoms with Gasteiger partial charge in [-0.2, -0.15) is 0 Å². The molecule has 1 N–H and O–H groups in total. The lowest BCUT2D eigenvalue weighted by Crippen LogP contribution is -2.53. The Labute approximate surface area is 83.8 Å². The average molecular weight is 199 g/mol. The molecular weight excluding hydrogens is 182 g/mol. The van der Waals surface area contributed by atoms with Gasteiger partial charge in [-0.15, -0.1) is 0 Å². The van der Waals surface area contributed by atoms with E-state index in [0.717, 1.165) is 19.3 Å². The van der Waals surface area contributed by atoms with Crippen LogP contribution in [0, 0.1) is 5.41 Å². The number of amides is 1. The first kappa shape index (κ1) is 9.93. The SMILES string of the molecule is O=C(N1CCOCC1)C1(CO)CCC1. The number of hydrogen-bond donors (Lipinski definition) is 1. The monoisotopic (exact) mass is 199 g/mol. The summed E-state index contributed by atoms with van der Waals surface area (Å²) in [4.78, 5) is 13.9. The van der Waals surface area contributed by atoms with E-state index in [9.17, 15) is 9.90 Å². The highest BCUT2D eigenvalue weighted by atomic mass is 16.5. The molecule has 1 amide bonds. The summed E-state index contributed by atoms with van der Waals surface area (Å²) in [6.45, 7) is 2.63. The molecule has 4 heteroatoms. The van der Waals surface area contributed by atoms with Gasteiger partial charge in [-0.25, -0.2) is 0 Å². The minimum Gasteiger partial charge on any atom is -0.395 e. The zero-order chi connectivity index (χ0) is 10.0. The first-order chi connectivity index (χ1) is 6.78. The maximum atomic E-state index is 12.0. The number of nitrogens with zero attached hydrogens (tertiary/aromatic N) is 1. The van der Waals surface area contributed by atoms with Crippen molar-refractivity contribution in [2.45, 2.75) is 19.3 Å². The fourth-order valence-corrected chi connectivity index (χ4v) is 2.15. The van der Waals surface area contributed by atoms with Crippen molar-refractivity contribution in [3.05, 3.63) is 0 Å². The molecule has 0 bridgehead atoms. The lowest BCUT2D eigenvalue weighted by atomic mass is 9.68. The first-order valence-corrected chi connectivity index (χ1v) is 5.26. The summed E-state index contributed by atoms with van der Waals surface area (Å²) in [5.74, 6) is 0.134. The molecular formula is C10H17NO3. The summed E-state index contributed by atoms with van der Waals surface area (Å²) in [6, 6.07) is 0. The molecule has 2 aliphatic rings. The smallest absolute Gasteiger partial charge is 0.231 e. The van der Waals surface area contributed by atoms with Crippen LogP contribution in [0.25, 0.3) is 0 Å². The molecule has 2 fully saturated rings. The molecule has 1 aliphatic heterocycles. The number of hydrogen-bond acceptors (Lipinski definition) is 3. The lowest BCUT2D eigenvalue weighted by Gasteiger charge is -2.43.